The molecule has 0 bridgehead atoms. The first-order valence-corrected chi connectivity index (χ1v) is 6.37. The van der Waals surface area contributed by atoms with Crippen molar-refractivity contribution in [2.45, 2.75) is 19.8 Å². The van der Waals surface area contributed by atoms with Gasteiger partial charge in [0.05, 0.1) is 11.5 Å². The van der Waals surface area contributed by atoms with Crippen LogP contribution in [0.25, 0.3) is 0 Å². The van der Waals surface area contributed by atoms with E-state index in [0.29, 0.717) is 12.1 Å². The van der Waals surface area contributed by atoms with Gasteiger partial charge in [0.2, 0.25) is 5.91 Å². The van der Waals surface area contributed by atoms with Gasteiger partial charge in [-0.3, -0.25) is 4.79 Å². The van der Waals surface area contributed by atoms with Crippen molar-refractivity contribution < 1.29 is 14.7 Å². The maximum absolute atomic E-state index is 11.3. The summed E-state index contributed by atoms with van der Waals surface area (Å²) < 4.78 is 0. The van der Waals surface area contributed by atoms with Gasteiger partial charge in [0, 0.05) is 18.8 Å². The summed E-state index contributed by atoms with van der Waals surface area (Å²) in [4.78, 5) is 24.3. The first kappa shape index (κ1) is 13.4. The van der Waals surface area contributed by atoms with E-state index in [2.05, 4.69) is 4.90 Å². The monoisotopic (exact) mass is 262 g/mol. The lowest BCUT2D eigenvalue weighted by Crippen LogP contribution is -2.41. The number of benzene rings is 1. The number of hydrogen-bond acceptors (Lipinski definition) is 3. The molecule has 1 aromatic rings. The minimum Gasteiger partial charge on any atom is -0.478 e. The molecule has 1 aromatic carbocycles. The molecule has 1 saturated heterocycles. The molecule has 1 atom stereocenters. The van der Waals surface area contributed by atoms with Crippen LogP contribution in [-0.2, 0) is 4.79 Å². The number of carboxylic acid groups (broad SMARTS) is 1. The van der Waals surface area contributed by atoms with Gasteiger partial charge in [-0.05, 0) is 43.5 Å². The largest absolute Gasteiger partial charge is 0.478 e. The fourth-order valence-electron chi connectivity index (χ4n) is 2.53. The summed E-state index contributed by atoms with van der Waals surface area (Å²) in [5.41, 5.74) is 7.35. The van der Waals surface area contributed by atoms with Gasteiger partial charge in [-0.2, -0.15) is 0 Å². The molecule has 102 valence electrons. The van der Waals surface area contributed by atoms with E-state index >= 15 is 0 Å². The number of aromatic carboxylic acids is 1. The Bertz CT molecular complexity index is 513. The van der Waals surface area contributed by atoms with Crippen molar-refractivity contribution >= 4 is 17.6 Å². The van der Waals surface area contributed by atoms with E-state index in [1.165, 1.54) is 0 Å². The second-order valence-electron chi connectivity index (χ2n) is 4.99. The Morgan fingerprint density at radius 2 is 2.16 bits per heavy atom. The maximum Gasteiger partial charge on any atom is 0.335 e. The smallest absolute Gasteiger partial charge is 0.335 e. The number of nitrogens with two attached hydrogens (primary N) is 1. The van der Waals surface area contributed by atoms with Gasteiger partial charge < -0.3 is 15.7 Å². The normalized spacial score (nSPS) is 19.2. The van der Waals surface area contributed by atoms with E-state index in [-0.39, 0.29) is 11.8 Å². The Morgan fingerprint density at radius 3 is 2.74 bits per heavy atom. The molecule has 2 rings (SSSR count). The number of anilines is 1. The molecule has 1 heterocycles. The standard InChI is InChI=1S/C14H18N2O3/c1-9-7-11(4-5-12(9)14(18)19)16-6-2-3-10(8-16)13(15)17/h4-5,7,10H,2-3,6,8H2,1H3,(H2,15,17)(H,18,19). The van der Waals surface area contributed by atoms with E-state index in [9.17, 15) is 9.59 Å². The van der Waals surface area contributed by atoms with Crippen LogP contribution in [-0.4, -0.2) is 30.1 Å². The Hall–Kier alpha value is -2.04. The van der Waals surface area contributed by atoms with E-state index in [1.807, 2.05) is 6.07 Å². The van der Waals surface area contributed by atoms with Crippen LogP contribution in [0.1, 0.15) is 28.8 Å². The quantitative estimate of drug-likeness (QED) is 0.862. The maximum atomic E-state index is 11.3. The van der Waals surface area contributed by atoms with Crippen LogP contribution in [0, 0.1) is 12.8 Å². The lowest BCUT2D eigenvalue weighted by molar-refractivity contribution is -0.122. The van der Waals surface area contributed by atoms with E-state index < -0.39 is 5.97 Å². The number of rotatable bonds is 3. The van der Waals surface area contributed by atoms with Gasteiger partial charge in [-0.15, -0.1) is 0 Å². The molecule has 0 aromatic heterocycles. The summed E-state index contributed by atoms with van der Waals surface area (Å²) in [7, 11) is 0. The highest BCUT2D eigenvalue weighted by atomic mass is 16.4. The number of piperidine rings is 1. The molecule has 3 N–H and O–H groups in total. The molecule has 1 fully saturated rings. The van der Waals surface area contributed by atoms with Crippen LogP contribution >= 0.6 is 0 Å². The van der Waals surface area contributed by atoms with Crippen molar-refractivity contribution in [1.29, 1.82) is 0 Å². The molecule has 1 unspecified atom stereocenters. The zero-order valence-corrected chi connectivity index (χ0v) is 10.9. The second kappa shape index (κ2) is 5.30. The molecule has 0 spiro atoms. The van der Waals surface area contributed by atoms with Crippen molar-refractivity contribution in [2.75, 3.05) is 18.0 Å². The summed E-state index contributed by atoms with van der Waals surface area (Å²) in [5, 5.41) is 9.01. The fraction of sp³-hybridized carbons (Fsp3) is 0.429. The minimum absolute atomic E-state index is 0.117. The Balaban J connectivity index is 2.20. The molecule has 19 heavy (non-hydrogen) atoms. The number of aryl methyl sites for hydroxylation is 1. The van der Waals surface area contributed by atoms with Crippen LogP contribution < -0.4 is 10.6 Å². The fourth-order valence-corrected chi connectivity index (χ4v) is 2.53. The van der Waals surface area contributed by atoms with Crippen LogP contribution in [0.2, 0.25) is 0 Å². The molecule has 5 nitrogen and oxygen atoms in total. The van der Waals surface area contributed by atoms with Crippen molar-refractivity contribution in [3.8, 4) is 0 Å². The van der Waals surface area contributed by atoms with Crippen molar-refractivity contribution in [2.24, 2.45) is 11.7 Å². The van der Waals surface area contributed by atoms with Gasteiger partial charge in [0.25, 0.3) is 0 Å². The summed E-state index contributed by atoms with van der Waals surface area (Å²) in [6, 6.07) is 5.26. The average Bonchev–Trinajstić information content (AvgIpc) is 2.38. The summed E-state index contributed by atoms with van der Waals surface area (Å²) in [6.07, 6.45) is 1.76. The lowest BCUT2D eigenvalue weighted by atomic mass is 9.96. The lowest BCUT2D eigenvalue weighted by Gasteiger charge is -2.33. The van der Waals surface area contributed by atoms with Crippen LogP contribution in [0.5, 0.6) is 0 Å². The van der Waals surface area contributed by atoms with Gasteiger partial charge in [-0.25, -0.2) is 4.79 Å². The van der Waals surface area contributed by atoms with Crippen molar-refractivity contribution in [3.63, 3.8) is 0 Å². The van der Waals surface area contributed by atoms with E-state index in [1.54, 1.807) is 19.1 Å². The van der Waals surface area contributed by atoms with Gasteiger partial charge in [-0.1, -0.05) is 0 Å². The number of primary amides is 1. The molecule has 5 heteroatoms. The summed E-state index contributed by atoms with van der Waals surface area (Å²) >= 11 is 0. The number of hydrogen-bond donors (Lipinski definition) is 2. The van der Waals surface area contributed by atoms with E-state index in [0.717, 1.165) is 30.6 Å². The highest BCUT2D eigenvalue weighted by molar-refractivity contribution is 5.90. The molecule has 1 aliphatic heterocycles. The molecule has 1 aliphatic rings. The molecule has 1 amide bonds. The first-order valence-electron chi connectivity index (χ1n) is 6.37. The van der Waals surface area contributed by atoms with Crippen LogP contribution in [0.4, 0.5) is 5.69 Å². The number of carbonyl (C=O) groups is 2. The first-order chi connectivity index (χ1) is 8.99. The van der Waals surface area contributed by atoms with Gasteiger partial charge >= 0.3 is 5.97 Å². The highest BCUT2D eigenvalue weighted by Crippen LogP contribution is 2.25. The topological polar surface area (TPSA) is 83.6 Å². The predicted octanol–water partition coefficient (Wildman–Crippen LogP) is 1.39. The third-order valence-corrected chi connectivity index (χ3v) is 3.63. The Labute approximate surface area is 112 Å². The molecule has 0 saturated carbocycles. The molecular weight excluding hydrogens is 244 g/mol. The third-order valence-electron chi connectivity index (χ3n) is 3.63. The SMILES string of the molecule is Cc1cc(N2CCCC(C(N)=O)C2)ccc1C(=O)O. The summed E-state index contributed by atoms with van der Waals surface area (Å²) in [6.45, 7) is 3.26. The third kappa shape index (κ3) is 2.86. The van der Waals surface area contributed by atoms with Gasteiger partial charge in [0.15, 0.2) is 0 Å². The predicted molar refractivity (Wildman–Crippen MR) is 72.3 cm³/mol. The van der Waals surface area contributed by atoms with Crippen LogP contribution in [0.15, 0.2) is 18.2 Å². The highest BCUT2D eigenvalue weighted by Gasteiger charge is 2.24. The van der Waals surface area contributed by atoms with Crippen molar-refractivity contribution in [3.05, 3.63) is 29.3 Å². The summed E-state index contributed by atoms with van der Waals surface area (Å²) in [5.74, 6) is -1.30. The Kier molecular flexibility index (Phi) is 3.74. The van der Waals surface area contributed by atoms with Crippen molar-refractivity contribution in [1.82, 2.24) is 0 Å². The number of carboxylic acids is 1. The minimum atomic E-state index is -0.919. The zero-order valence-electron chi connectivity index (χ0n) is 10.9. The Morgan fingerprint density at radius 1 is 1.42 bits per heavy atom. The number of amides is 1. The van der Waals surface area contributed by atoms with E-state index in [4.69, 9.17) is 10.8 Å². The molecular formula is C14H18N2O3. The van der Waals surface area contributed by atoms with Crippen LogP contribution in [0.3, 0.4) is 0 Å². The average molecular weight is 262 g/mol. The molecule has 0 aliphatic carbocycles. The second-order valence-corrected chi connectivity index (χ2v) is 4.99. The zero-order chi connectivity index (χ0) is 14.0. The van der Waals surface area contributed by atoms with Gasteiger partial charge in [0.1, 0.15) is 0 Å². The number of nitrogens with zero attached hydrogens (tertiary/aromatic N) is 1. The molecule has 0 radical (unpaired) electrons. The number of carbonyl (C=O) groups excluding carboxylic acids is 1.